The zero-order chi connectivity index (χ0) is 16.5. The Hall–Kier alpha value is -2.19. The molecule has 0 aliphatic rings. The van der Waals surface area contributed by atoms with E-state index in [1.54, 1.807) is 24.3 Å². The smallest absolute Gasteiger partial charge is 0.0991 e. The Balaban J connectivity index is 1.69. The van der Waals surface area contributed by atoms with Gasteiger partial charge in [-0.05, 0) is 30.3 Å². The molecule has 0 fully saturated rings. The minimum Gasteiger partial charge on any atom is -0.387 e. The minimum absolute atomic E-state index is 0.528. The van der Waals surface area contributed by atoms with Crippen molar-refractivity contribution >= 4 is 0 Å². The molecule has 1 atom stereocenters. The highest BCUT2D eigenvalue weighted by atomic mass is 16.5. The van der Waals surface area contributed by atoms with E-state index in [9.17, 15) is 5.11 Å². The Labute approximate surface area is 137 Å². The summed E-state index contributed by atoms with van der Waals surface area (Å²) in [5, 5.41) is 19.0. The summed E-state index contributed by atoms with van der Waals surface area (Å²) < 4.78 is 5.65. The van der Waals surface area contributed by atoms with Gasteiger partial charge in [0.15, 0.2) is 0 Å². The van der Waals surface area contributed by atoms with Crippen LogP contribution in [-0.4, -0.2) is 36.8 Å². The van der Waals surface area contributed by atoms with Gasteiger partial charge in [0.2, 0.25) is 0 Å². The number of benzene rings is 2. The molecule has 2 rings (SSSR count). The van der Waals surface area contributed by atoms with Gasteiger partial charge in [-0.3, -0.25) is 0 Å². The summed E-state index contributed by atoms with van der Waals surface area (Å²) in [4.78, 5) is 2.04. The van der Waals surface area contributed by atoms with Crippen molar-refractivity contribution in [2.24, 2.45) is 0 Å². The lowest BCUT2D eigenvalue weighted by Crippen LogP contribution is -2.28. The quantitative estimate of drug-likeness (QED) is 0.762. The van der Waals surface area contributed by atoms with Crippen LogP contribution in [0.5, 0.6) is 0 Å². The molecule has 4 heteroatoms. The molecule has 0 amide bonds. The van der Waals surface area contributed by atoms with E-state index in [1.165, 1.54) is 0 Å². The van der Waals surface area contributed by atoms with E-state index in [0.29, 0.717) is 25.3 Å². The summed E-state index contributed by atoms with van der Waals surface area (Å²) in [7, 11) is 1.96. The molecule has 120 valence electrons. The fourth-order valence-corrected chi connectivity index (χ4v) is 2.26. The maximum atomic E-state index is 10.2. The summed E-state index contributed by atoms with van der Waals surface area (Å²) in [6, 6.07) is 19.2. The van der Waals surface area contributed by atoms with Gasteiger partial charge in [0.25, 0.3) is 0 Å². The second kappa shape index (κ2) is 9.06. The van der Waals surface area contributed by atoms with Gasteiger partial charge in [-0.2, -0.15) is 5.26 Å². The number of aliphatic hydroxyl groups excluding tert-OH is 1. The van der Waals surface area contributed by atoms with E-state index in [-0.39, 0.29) is 0 Å². The van der Waals surface area contributed by atoms with Crippen molar-refractivity contribution in [2.45, 2.75) is 12.7 Å². The number of rotatable bonds is 8. The van der Waals surface area contributed by atoms with Crippen LogP contribution in [0, 0.1) is 11.3 Å². The second-order valence-electron chi connectivity index (χ2n) is 5.55. The SMILES string of the molecule is CN(CCOCc1ccccc1)CC(O)c1ccc(C#N)cc1. The number of ether oxygens (including phenoxy) is 1. The predicted molar refractivity (Wildman–Crippen MR) is 89.7 cm³/mol. The molecule has 0 spiro atoms. The third kappa shape index (κ3) is 5.84. The van der Waals surface area contributed by atoms with Gasteiger partial charge in [-0.1, -0.05) is 42.5 Å². The Morgan fingerprint density at radius 3 is 2.48 bits per heavy atom. The van der Waals surface area contributed by atoms with Crippen molar-refractivity contribution in [3.63, 3.8) is 0 Å². The molecule has 0 aliphatic carbocycles. The summed E-state index contributed by atoms with van der Waals surface area (Å²) in [6.07, 6.45) is -0.568. The predicted octanol–water partition coefficient (Wildman–Crippen LogP) is 2.74. The van der Waals surface area contributed by atoms with Gasteiger partial charge in [0.05, 0.1) is 31.0 Å². The standard InChI is InChI=1S/C19H22N2O2/c1-21(11-12-23-15-17-5-3-2-4-6-17)14-19(22)18-9-7-16(13-20)8-10-18/h2-10,19,22H,11-12,14-15H2,1H3. The van der Waals surface area contributed by atoms with Crippen LogP contribution in [-0.2, 0) is 11.3 Å². The van der Waals surface area contributed by atoms with Gasteiger partial charge in [-0.25, -0.2) is 0 Å². The highest BCUT2D eigenvalue weighted by Crippen LogP contribution is 2.14. The molecule has 0 aromatic heterocycles. The molecule has 2 aromatic carbocycles. The van der Waals surface area contributed by atoms with Crippen molar-refractivity contribution in [3.8, 4) is 6.07 Å². The van der Waals surface area contributed by atoms with Crippen LogP contribution in [0.3, 0.4) is 0 Å². The van der Waals surface area contributed by atoms with Gasteiger partial charge in [-0.15, -0.1) is 0 Å². The maximum absolute atomic E-state index is 10.2. The highest BCUT2D eigenvalue weighted by molar-refractivity contribution is 5.32. The number of nitriles is 1. The molecule has 0 saturated heterocycles. The van der Waals surface area contributed by atoms with E-state index in [0.717, 1.165) is 17.7 Å². The van der Waals surface area contributed by atoms with Crippen molar-refractivity contribution in [3.05, 3.63) is 71.3 Å². The van der Waals surface area contributed by atoms with Crippen LogP contribution in [0.2, 0.25) is 0 Å². The van der Waals surface area contributed by atoms with Crippen LogP contribution in [0.4, 0.5) is 0 Å². The van der Waals surface area contributed by atoms with E-state index in [2.05, 4.69) is 6.07 Å². The zero-order valence-corrected chi connectivity index (χ0v) is 13.4. The van der Waals surface area contributed by atoms with E-state index in [1.807, 2.05) is 42.3 Å². The first kappa shape index (κ1) is 17.2. The molecule has 2 aromatic rings. The molecular formula is C19H22N2O2. The Bertz CT molecular complexity index is 620. The average Bonchev–Trinajstić information content (AvgIpc) is 2.59. The van der Waals surface area contributed by atoms with E-state index >= 15 is 0 Å². The first-order chi connectivity index (χ1) is 11.2. The lowest BCUT2D eigenvalue weighted by atomic mass is 10.1. The van der Waals surface area contributed by atoms with Crippen LogP contribution in [0.15, 0.2) is 54.6 Å². The van der Waals surface area contributed by atoms with Gasteiger partial charge < -0.3 is 14.7 Å². The third-order valence-electron chi connectivity index (χ3n) is 3.64. The number of hydrogen-bond donors (Lipinski definition) is 1. The molecule has 1 unspecified atom stereocenters. The van der Waals surface area contributed by atoms with Gasteiger partial charge >= 0.3 is 0 Å². The molecule has 0 heterocycles. The van der Waals surface area contributed by atoms with Crippen molar-refractivity contribution in [1.82, 2.24) is 4.90 Å². The number of likely N-dealkylation sites (N-methyl/N-ethyl adjacent to an activating group) is 1. The van der Waals surface area contributed by atoms with Crippen molar-refractivity contribution in [1.29, 1.82) is 5.26 Å². The van der Waals surface area contributed by atoms with Crippen LogP contribution in [0.25, 0.3) is 0 Å². The largest absolute Gasteiger partial charge is 0.387 e. The highest BCUT2D eigenvalue weighted by Gasteiger charge is 2.10. The van der Waals surface area contributed by atoms with Crippen molar-refractivity contribution < 1.29 is 9.84 Å². The lowest BCUT2D eigenvalue weighted by Gasteiger charge is -2.20. The van der Waals surface area contributed by atoms with E-state index in [4.69, 9.17) is 10.00 Å². The van der Waals surface area contributed by atoms with Gasteiger partial charge in [0, 0.05) is 13.1 Å². The molecule has 4 nitrogen and oxygen atoms in total. The number of nitrogens with zero attached hydrogens (tertiary/aromatic N) is 2. The summed E-state index contributed by atoms with van der Waals surface area (Å²) >= 11 is 0. The first-order valence-electron chi connectivity index (χ1n) is 7.67. The van der Waals surface area contributed by atoms with E-state index < -0.39 is 6.10 Å². The topological polar surface area (TPSA) is 56.5 Å². The minimum atomic E-state index is -0.568. The Morgan fingerprint density at radius 2 is 1.83 bits per heavy atom. The Morgan fingerprint density at radius 1 is 1.13 bits per heavy atom. The lowest BCUT2D eigenvalue weighted by molar-refractivity contribution is 0.0767. The molecular weight excluding hydrogens is 288 g/mol. The fraction of sp³-hybridized carbons (Fsp3) is 0.316. The maximum Gasteiger partial charge on any atom is 0.0991 e. The summed E-state index contributed by atoms with van der Waals surface area (Å²) in [5.41, 5.74) is 2.58. The number of aliphatic hydroxyl groups is 1. The summed E-state index contributed by atoms with van der Waals surface area (Å²) in [5.74, 6) is 0. The molecule has 0 saturated carbocycles. The van der Waals surface area contributed by atoms with Crippen LogP contribution in [0.1, 0.15) is 22.8 Å². The zero-order valence-electron chi connectivity index (χ0n) is 13.4. The van der Waals surface area contributed by atoms with Crippen molar-refractivity contribution in [2.75, 3.05) is 26.7 Å². The summed E-state index contributed by atoms with van der Waals surface area (Å²) in [6.45, 7) is 2.50. The molecule has 1 N–H and O–H groups in total. The third-order valence-corrected chi connectivity index (χ3v) is 3.64. The molecule has 0 aliphatic heterocycles. The second-order valence-corrected chi connectivity index (χ2v) is 5.55. The Kier molecular flexibility index (Phi) is 6.76. The number of hydrogen-bond acceptors (Lipinski definition) is 4. The normalized spacial score (nSPS) is 12.1. The molecule has 0 radical (unpaired) electrons. The molecule has 23 heavy (non-hydrogen) atoms. The van der Waals surface area contributed by atoms with Crippen LogP contribution >= 0.6 is 0 Å². The fourth-order valence-electron chi connectivity index (χ4n) is 2.26. The first-order valence-corrected chi connectivity index (χ1v) is 7.67. The monoisotopic (exact) mass is 310 g/mol. The van der Waals surface area contributed by atoms with Crippen LogP contribution < -0.4 is 0 Å². The average molecular weight is 310 g/mol. The molecule has 0 bridgehead atoms. The van der Waals surface area contributed by atoms with Gasteiger partial charge in [0.1, 0.15) is 0 Å².